The Labute approximate surface area is 124 Å². The lowest BCUT2D eigenvalue weighted by molar-refractivity contribution is 0.318. The molecule has 1 aromatic heterocycles. The van der Waals surface area contributed by atoms with Gasteiger partial charge in [0.1, 0.15) is 5.03 Å². The maximum absolute atomic E-state index is 8.63. The number of benzene rings is 1. The average Bonchev–Trinajstić information content (AvgIpc) is 2.41. The molecule has 0 aliphatic heterocycles. The molecule has 7 heteroatoms. The molecule has 0 bridgehead atoms. The second-order valence-corrected chi connectivity index (χ2v) is 5.40. The molecule has 0 saturated carbocycles. The number of oxime groups is 1. The van der Waals surface area contributed by atoms with Crippen molar-refractivity contribution in [3.63, 3.8) is 0 Å². The van der Waals surface area contributed by atoms with Crippen LogP contribution in [0.25, 0.3) is 0 Å². The van der Waals surface area contributed by atoms with Crippen molar-refractivity contribution >= 4 is 40.8 Å². The number of nitrogens with two attached hydrogens (primary N) is 1. The third kappa shape index (κ3) is 3.32. The van der Waals surface area contributed by atoms with Crippen molar-refractivity contribution in [2.24, 2.45) is 10.9 Å². The highest BCUT2D eigenvalue weighted by atomic mass is 35.5. The largest absolute Gasteiger partial charge is 0.409 e. The molecule has 0 atom stereocenters. The highest BCUT2D eigenvalue weighted by molar-refractivity contribution is 7.99. The number of nitrogens with zero attached hydrogens (tertiary/aromatic N) is 2. The lowest BCUT2D eigenvalue weighted by atomic mass is 10.2. The van der Waals surface area contributed by atoms with E-state index in [1.165, 1.54) is 11.8 Å². The van der Waals surface area contributed by atoms with Gasteiger partial charge in [-0.05, 0) is 30.3 Å². The second-order valence-electron chi connectivity index (χ2n) is 3.52. The molecule has 0 radical (unpaired) electrons. The number of halogens is 2. The molecule has 3 N–H and O–H groups in total. The van der Waals surface area contributed by atoms with Crippen LogP contribution in [0.2, 0.25) is 10.0 Å². The smallest absolute Gasteiger partial charge is 0.171 e. The minimum atomic E-state index is -0.0302. The van der Waals surface area contributed by atoms with E-state index in [1.807, 2.05) is 0 Å². The van der Waals surface area contributed by atoms with Crippen molar-refractivity contribution in [2.75, 3.05) is 0 Å². The van der Waals surface area contributed by atoms with E-state index < -0.39 is 0 Å². The first-order valence-electron chi connectivity index (χ1n) is 5.17. The van der Waals surface area contributed by atoms with Gasteiger partial charge in [0.15, 0.2) is 5.84 Å². The van der Waals surface area contributed by atoms with Gasteiger partial charge in [0, 0.05) is 16.7 Å². The molecule has 0 aliphatic rings. The van der Waals surface area contributed by atoms with Crippen LogP contribution in [0.5, 0.6) is 0 Å². The quantitative estimate of drug-likeness (QED) is 0.393. The van der Waals surface area contributed by atoms with Gasteiger partial charge in [0.05, 0.1) is 10.0 Å². The molecule has 0 saturated heterocycles. The summed E-state index contributed by atoms with van der Waals surface area (Å²) in [6.45, 7) is 0. The molecule has 0 spiro atoms. The summed E-state index contributed by atoms with van der Waals surface area (Å²) in [6.07, 6.45) is 1.67. The topological polar surface area (TPSA) is 71.5 Å². The van der Waals surface area contributed by atoms with Gasteiger partial charge in [0.25, 0.3) is 0 Å². The highest BCUT2D eigenvalue weighted by Crippen LogP contribution is 2.33. The Bertz CT molecular complexity index is 634. The van der Waals surface area contributed by atoms with Crippen LogP contribution < -0.4 is 5.73 Å². The van der Waals surface area contributed by atoms with Crippen molar-refractivity contribution in [3.05, 3.63) is 52.1 Å². The standard InChI is InChI=1S/C12H9Cl2N3OS/c13-9-2-1-5-16-12(9)19-7-3-4-8(10(14)6-7)11(15)17-18/h1-6,18H,(H2,15,17). The zero-order valence-corrected chi connectivity index (χ0v) is 11.9. The third-order valence-corrected chi connectivity index (χ3v) is 4.00. The first kappa shape index (κ1) is 14.0. The lowest BCUT2D eigenvalue weighted by Gasteiger charge is -2.06. The molecule has 0 amide bonds. The van der Waals surface area contributed by atoms with Crippen LogP contribution in [0.3, 0.4) is 0 Å². The van der Waals surface area contributed by atoms with Crippen LogP contribution in [0.15, 0.2) is 51.6 Å². The fourth-order valence-corrected chi connectivity index (χ4v) is 2.77. The van der Waals surface area contributed by atoms with Crippen molar-refractivity contribution < 1.29 is 5.21 Å². The second kappa shape index (κ2) is 6.14. The maximum Gasteiger partial charge on any atom is 0.171 e. The van der Waals surface area contributed by atoms with Crippen LogP contribution in [0, 0.1) is 0 Å². The third-order valence-electron chi connectivity index (χ3n) is 2.26. The van der Waals surface area contributed by atoms with E-state index in [0.29, 0.717) is 20.6 Å². The van der Waals surface area contributed by atoms with E-state index in [0.717, 1.165) is 4.90 Å². The Hall–Kier alpha value is -1.43. The molecule has 1 aromatic carbocycles. The Morgan fingerprint density at radius 3 is 2.68 bits per heavy atom. The van der Waals surface area contributed by atoms with Gasteiger partial charge in [-0.15, -0.1) is 0 Å². The van der Waals surface area contributed by atoms with Gasteiger partial charge in [0.2, 0.25) is 0 Å². The summed E-state index contributed by atoms with van der Waals surface area (Å²) < 4.78 is 0. The van der Waals surface area contributed by atoms with E-state index in [9.17, 15) is 0 Å². The molecule has 4 nitrogen and oxygen atoms in total. The molecule has 0 aliphatic carbocycles. The fraction of sp³-hybridized carbons (Fsp3) is 0. The van der Waals surface area contributed by atoms with Gasteiger partial charge >= 0.3 is 0 Å². The molecule has 0 unspecified atom stereocenters. The van der Waals surface area contributed by atoms with Crippen LogP contribution >= 0.6 is 35.0 Å². The number of hydrogen-bond donors (Lipinski definition) is 2. The van der Waals surface area contributed by atoms with Gasteiger partial charge < -0.3 is 10.9 Å². The molecular formula is C12H9Cl2N3OS. The Kier molecular flexibility index (Phi) is 4.52. The minimum absolute atomic E-state index is 0.0302. The summed E-state index contributed by atoms with van der Waals surface area (Å²) in [4.78, 5) is 5.04. The number of aromatic nitrogens is 1. The van der Waals surface area contributed by atoms with E-state index in [2.05, 4.69) is 10.1 Å². The predicted octanol–water partition coefficient (Wildman–Crippen LogP) is 3.63. The fourth-order valence-electron chi connectivity index (χ4n) is 1.38. The normalized spacial score (nSPS) is 11.6. The first-order valence-corrected chi connectivity index (χ1v) is 6.75. The van der Waals surface area contributed by atoms with Crippen molar-refractivity contribution in [1.82, 2.24) is 4.98 Å². The highest BCUT2D eigenvalue weighted by Gasteiger charge is 2.09. The maximum atomic E-state index is 8.63. The predicted molar refractivity (Wildman–Crippen MR) is 77.3 cm³/mol. The van der Waals surface area contributed by atoms with Crippen LogP contribution in [-0.4, -0.2) is 16.0 Å². The average molecular weight is 314 g/mol. The van der Waals surface area contributed by atoms with E-state index in [1.54, 1.807) is 36.5 Å². The van der Waals surface area contributed by atoms with Gasteiger partial charge in [-0.25, -0.2) is 4.98 Å². The summed E-state index contributed by atoms with van der Waals surface area (Å²) in [6, 6.07) is 8.72. The summed E-state index contributed by atoms with van der Waals surface area (Å²) in [5.74, 6) is -0.0302. The summed E-state index contributed by atoms with van der Waals surface area (Å²) in [7, 11) is 0. The minimum Gasteiger partial charge on any atom is -0.409 e. The van der Waals surface area contributed by atoms with Crippen LogP contribution in [0.4, 0.5) is 0 Å². The number of hydrogen-bond acceptors (Lipinski definition) is 4. The first-order chi connectivity index (χ1) is 9.11. The Morgan fingerprint density at radius 1 is 1.26 bits per heavy atom. The van der Waals surface area contributed by atoms with Gasteiger partial charge in [-0.2, -0.15) is 0 Å². The molecule has 2 rings (SSSR count). The van der Waals surface area contributed by atoms with Crippen LogP contribution in [-0.2, 0) is 0 Å². The molecule has 0 fully saturated rings. The van der Waals surface area contributed by atoms with E-state index in [4.69, 9.17) is 34.1 Å². The summed E-state index contributed by atoms with van der Waals surface area (Å²) in [5, 5.41) is 13.2. The van der Waals surface area contributed by atoms with E-state index >= 15 is 0 Å². The van der Waals surface area contributed by atoms with Crippen molar-refractivity contribution in [1.29, 1.82) is 0 Å². The van der Waals surface area contributed by atoms with Gasteiger partial charge in [-0.3, -0.25) is 0 Å². The monoisotopic (exact) mass is 313 g/mol. The van der Waals surface area contributed by atoms with Crippen LogP contribution in [0.1, 0.15) is 5.56 Å². The lowest BCUT2D eigenvalue weighted by Crippen LogP contribution is -2.13. The molecule has 98 valence electrons. The number of amidine groups is 1. The van der Waals surface area contributed by atoms with Crippen molar-refractivity contribution in [2.45, 2.75) is 9.92 Å². The van der Waals surface area contributed by atoms with Crippen molar-refractivity contribution in [3.8, 4) is 0 Å². The zero-order valence-electron chi connectivity index (χ0n) is 9.55. The number of rotatable bonds is 3. The van der Waals surface area contributed by atoms with E-state index in [-0.39, 0.29) is 5.84 Å². The van der Waals surface area contributed by atoms with Gasteiger partial charge in [-0.1, -0.05) is 40.1 Å². The Balaban J connectivity index is 2.29. The number of pyridine rings is 1. The molecule has 2 aromatic rings. The Morgan fingerprint density at radius 2 is 2.05 bits per heavy atom. The molecule has 1 heterocycles. The summed E-state index contributed by atoms with van der Waals surface area (Å²) >= 11 is 13.5. The zero-order chi connectivity index (χ0) is 13.8. The molecule has 19 heavy (non-hydrogen) atoms. The molecular weight excluding hydrogens is 305 g/mol. The SMILES string of the molecule is NC(=NO)c1ccc(Sc2ncccc2Cl)cc1Cl. The summed E-state index contributed by atoms with van der Waals surface area (Å²) in [5.41, 5.74) is 5.97.